The fraction of sp³-hybridized carbons (Fsp3) is 0.364. The summed E-state index contributed by atoms with van der Waals surface area (Å²) in [7, 11) is 0. The number of carbonyl (C=O) groups is 1. The van der Waals surface area contributed by atoms with Crippen molar-refractivity contribution in [1.29, 1.82) is 0 Å². The number of rotatable bonds is 4. The minimum absolute atomic E-state index is 0.370. The molecule has 0 fully saturated rings. The van der Waals surface area contributed by atoms with Crippen molar-refractivity contribution in [2.45, 2.75) is 19.4 Å². The second kappa shape index (κ2) is 6.88. The van der Waals surface area contributed by atoms with Gasteiger partial charge in [0.2, 0.25) is 0 Å². The number of hydrogen-bond donors (Lipinski definition) is 3. The molecule has 7 heteroatoms. The number of anilines is 1. The van der Waals surface area contributed by atoms with Gasteiger partial charge in [-0.1, -0.05) is 6.92 Å². The molecule has 100 valence electrons. The van der Waals surface area contributed by atoms with Gasteiger partial charge in [0.15, 0.2) is 0 Å². The lowest BCUT2D eigenvalue weighted by Gasteiger charge is -2.22. The summed E-state index contributed by atoms with van der Waals surface area (Å²) in [6.45, 7) is 1.75. The molecule has 1 rings (SSSR count). The highest BCUT2D eigenvalue weighted by atomic mass is 127. The first-order valence-electron chi connectivity index (χ1n) is 5.14. The zero-order chi connectivity index (χ0) is 14.0. The topological polar surface area (TPSA) is 83.5 Å². The molecule has 0 amide bonds. The van der Waals surface area contributed by atoms with E-state index in [1.165, 1.54) is 0 Å². The van der Waals surface area contributed by atoms with Crippen LogP contribution >= 0.6 is 67.8 Å². The van der Waals surface area contributed by atoms with Gasteiger partial charge in [0.1, 0.15) is 0 Å². The summed E-state index contributed by atoms with van der Waals surface area (Å²) in [5, 5.41) is 19.4. The van der Waals surface area contributed by atoms with Crippen molar-refractivity contribution in [3.05, 3.63) is 22.3 Å². The van der Waals surface area contributed by atoms with Crippen LogP contribution in [-0.2, 0) is 4.79 Å². The largest absolute Gasteiger partial charge is 0.481 e. The monoisotopic (exact) mass is 587 g/mol. The highest BCUT2D eigenvalue weighted by molar-refractivity contribution is 14.1. The van der Waals surface area contributed by atoms with E-state index in [9.17, 15) is 9.90 Å². The molecule has 0 saturated heterocycles. The molecule has 0 spiro atoms. The van der Waals surface area contributed by atoms with Crippen LogP contribution in [0, 0.1) is 16.6 Å². The molecular weight excluding hydrogens is 575 g/mol. The van der Waals surface area contributed by atoms with Gasteiger partial charge in [0.05, 0.1) is 17.7 Å². The molecule has 0 heterocycles. The SMILES string of the molecule is CCC(C(=O)O)C(O)c1c(I)cc(I)c(N)c1I. The van der Waals surface area contributed by atoms with Gasteiger partial charge in [-0.3, -0.25) is 4.79 Å². The number of halogens is 3. The van der Waals surface area contributed by atoms with Crippen molar-refractivity contribution in [2.24, 2.45) is 5.92 Å². The molecule has 1 aromatic carbocycles. The molecule has 0 aliphatic rings. The maximum Gasteiger partial charge on any atom is 0.309 e. The van der Waals surface area contributed by atoms with Crippen molar-refractivity contribution in [1.82, 2.24) is 0 Å². The van der Waals surface area contributed by atoms with Gasteiger partial charge in [0, 0.05) is 16.3 Å². The first-order valence-corrected chi connectivity index (χ1v) is 8.38. The smallest absolute Gasteiger partial charge is 0.309 e. The Hall–Kier alpha value is 0.640. The van der Waals surface area contributed by atoms with Crippen molar-refractivity contribution >= 4 is 79.4 Å². The third kappa shape index (κ3) is 3.39. The van der Waals surface area contributed by atoms with Gasteiger partial charge in [-0.15, -0.1) is 0 Å². The highest BCUT2D eigenvalue weighted by Crippen LogP contribution is 2.36. The molecule has 4 N–H and O–H groups in total. The molecule has 0 aliphatic carbocycles. The first-order chi connectivity index (χ1) is 8.31. The lowest BCUT2D eigenvalue weighted by Crippen LogP contribution is -2.23. The van der Waals surface area contributed by atoms with Crippen molar-refractivity contribution in [2.75, 3.05) is 5.73 Å². The molecule has 4 nitrogen and oxygen atoms in total. The summed E-state index contributed by atoms with van der Waals surface area (Å²) < 4.78 is 2.47. The van der Waals surface area contributed by atoms with Crippen LogP contribution in [0.3, 0.4) is 0 Å². The molecule has 1 aromatic rings. The summed E-state index contributed by atoms with van der Waals surface area (Å²) in [4.78, 5) is 11.1. The summed E-state index contributed by atoms with van der Waals surface area (Å²) in [5.74, 6) is -1.81. The van der Waals surface area contributed by atoms with Crippen LogP contribution in [-0.4, -0.2) is 16.2 Å². The average molecular weight is 587 g/mol. The van der Waals surface area contributed by atoms with Crippen LogP contribution in [0.2, 0.25) is 0 Å². The van der Waals surface area contributed by atoms with Crippen molar-refractivity contribution in [3.63, 3.8) is 0 Å². The lowest BCUT2D eigenvalue weighted by molar-refractivity contribution is -0.146. The Morgan fingerprint density at radius 1 is 1.39 bits per heavy atom. The number of aliphatic carboxylic acids is 1. The Kier molecular flexibility index (Phi) is 6.38. The second-order valence-electron chi connectivity index (χ2n) is 3.78. The fourth-order valence-corrected chi connectivity index (χ4v) is 5.64. The standard InChI is InChI=1S/C11H12I3NO3/c1-2-4(11(17)18)10(16)7-5(12)3-6(13)9(15)8(7)14/h3-4,10,16H,2,15H2,1H3,(H,17,18). The van der Waals surface area contributed by atoms with Crippen molar-refractivity contribution in [3.8, 4) is 0 Å². The summed E-state index contributed by atoms with van der Waals surface area (Å²) >= 11 is 6.28. The Morgan fingerprint density at radius 3 is 2.39 bits per heavy atom. The van der Waals surface area contributed by atoms with Gasteiger partial charge < -0.3 is 15.9 Å². The Bertz CT molecular complexity index is 479. The Balaban J connectivity index is 3.33. The van der Waals surface area contributed by atoms with E-state index in [-0.39, 0.29) is 0 Å². The van der Waals surface area contributed by atoms with E-state index in [4.69, 9.17) is 10.8 Å². The molecule has 2 atom stereocenters. The predicted molar refractivity (Wildman–Crippen MR) is 95.4 cm³/mol. The second-order valence-corrected chi connectivity index (χ2v) is 7.18. The zero-order valence-electron chi connectivity index (χ0n) is 9.45. The van der Waals surface area contributed by atoms with E-state index < -0.39 is 18.0 Å². The number of aliphatic hydroxyl groups excluding tert-OH is 1. The lowest BCUT2D eigenvalue weighted by atomic mass is 9.93. The number of nitrogens with two attached hydrogens (primary N) is 1. The number of nitrogen functional groups attached to an aromatic ring is 1. The van der Waals surface area contributed by atoms with Gasteiger partial charge in [-0.2, -0.15) is 0 Å². The van der Waals surface area contributed by atoms with Gasteiger partial charge in [0.25, 0.3) is 0 Å². The van der Waals surface area contributed by atoms with Gasteiger partial charge in [-0.05, 0) is 80.3 Å². The third-order valence-corrected chi connectivity index (χ3v) is 5.62. The zero-order valence-corrected chi connectivity index (χ0v) is 15.9. The minimum Gasteiger partial charge on any atom is -0.481 e. The van der Waals surface area contributed by atoms with Crippen LogP contribution in [0.15, 0.2) is 6.07 Å². The maximum absolute atomic E-state index is 11.1. The average Bonchev–Trinajstić information content (AvgIpc) is 2.26. The van der Waals surface area contributed by atoms with Crippen molar-refractivity contribution < 1.29 is 15.0 Å². The molecule has 0 bridgehead atoms. The molecule has 0 saturated carbocycles. The molecule has 0 aliphatic heterocycles. The normalized spacial score (nSPS) is 14.3. The number of hydrogen-bond acceptors (Lipinski definition) is 3. The minimum atomic E-state index is -1.04. The van der Waals surface area contributed by atoms with E-state index in [1.54, 1.807) is 6.92 Å². The first kappa shape index (κ1) is 16.7. The summed E-state index contributed by atoms with van der Waals surface area (Å²) in [6.07, 6.45) is -0.667. The van der Waals surface area contributed by atoms with Crippen LogP contribution < -0.4 is 5.73 Å². The fourth-order valence-electron chi connectivity index (χ4n) is 1.63. The summed E-state index contributed by atoms with van der Waals surface area (Å²) in [6, 6.07) is 1.85. The van der Waals surface area contributed by atoms with Crippen LogP contribution in [0.1, 0.15) is 25.0 Å². The molecule has 2 unspecified atom stereocenters. The van der Waals surface area contributed by atoms with E-state index in [1.807, 2.05) is 6.07 Å². The van der Waals surface area contributed by atoms with Crippen LogP contribution in [0.5, 0.6) is 0 Å². The predicted octanol–water partition coefficient (Wildman–Crippen LogP) is 3.23. The van der Waals surface area contributed by atoms with Gasteiger partial charge in [-0.25, -0.2) is 0 Å². The number of carboxylic acid groups (broad SMARTS) is 1. The quantitative estimate of drug-likeness (QED) is 0.374. The van der Waals surface area contributed by atoms with Crippen LogP contribution in [0.25, 0.3) is 0 Å². The number of benzene rings is 1. The van der Waals surface area contributed by atoms with Crippen LogP contribution in [0.4, 0.5) is 5.69 Å². The number of carboxylic acids is 1. The van der Waals surface area contributed by atoms with E-state index in [0.717, 1.165) is 10.7 Å². The third-order valence-electron chi connectivity index (χ3n) is 2.67. The van der Waals surface area contributed by atoms with E-state index in [0.29, 0.717) is 17.7 Å². The van der Waals surface area contributed by atoms with Gasteiger partial charge >= 0.3 is 5.97 Å². The molecule has 18 heavy (non-hydrogen) atoms. The Labute approximate surface area is 146 Å². The molecular formula is C11H12I3NO3. The molecule has 0 aromatic heterocycles. The highest BCUT2D eigenvalue weighted by Gasteiger charge is 2.30. The Morgan fingerprint density at radius 2 is 1.94 bits per heavy atom. The molecule has 0 radical (unpaired) electrons. The summed E-state index contributed by atoms with van der Waals surface area (Å²) in [5.41, 5.74) is 7.13. The van der Waals surface area contributed by atoms with E-state index in [2.05, 4.69) is 67.8 Å². The number of aliphatic hydroxyl groups is 1. The maximum atomic E-state index is 11.1. The van der Waals surface area contributed by atoms with E-state index >= 15 is 0 Å².